The molecule has 0 aliphatic heterocycles. The Bertz CT molecular complexity index is 195. The van der Waals surface area contributed by atoms with Gasteiger partial charge in [0.1, 0.15) is 0 Å². The summed E-state index contributed by atoms with van der Waals surface area (Å²) in [6, 6.07) is 0. The number of rotatable bonds is 10. The van der Waals surface area contributed by atoms with Gasteiger partial charge in [-0.2, -0.15) is 0 Å². The van der Waals surface area contributed by atoms with Crippen LogP contribution in [0.15, 0.2) is 0 Å². The van der Waals surface area contributed by atoms with Crippen molar-refractivity contribution in [3.63, 3.8) is 0 Å². The highest BCUT2D eigenvalue weighted by Gasteiger charge is 2.25. The van der Waals surface area contributed by atoms with E-state index < -0.39 is 0 Å². The molecule has 0 saturated heterocycles. The highest BCUT2D eigenvalue weighted by Crippen LogP contribution is 2.14. The molecule has 0 bridgehead atoms. The maximum Gasteiger partial charge on any atom is 0.220 e. The minimum atomic E-state index is -0.200. The van der Waals surface area contributed by atoms with E-state index in [2.05, 4.69) is 19.2 Å². The third-order valence-electron chi connectivity index (χ3n) is 3.51. The molecule has 17 heavy (non-hydrogen) atoms. The molecule has 4 nitrogen and oxygen atoms in total. The van der Waals surface area contributed by atoms with Crippen LogP contribution in [0.3, 0.4) is 0 Å². The van der Waals surface area contributed by atoms with Crippen LogP contribution >= 0.6 is 0 Å². The molecular formula is C13H29N3O. The number of unbranched alkanes of at least 4 members (excludes halogenated alkanes) is 3. The van der Waals surface area contributed by atoms with Crippen molar-refractivity contribution < 1.29 is 4.79 Å². The van der Waals surface area contributed by atoms with Crippen molar-refractivity contribution in [2.75, 3.05) is 13.1 Å². The van der Waals surface area contributed by atoms with Crippen LogP contribution in [0.2, 0.25) is 0 Å². The zero-order valence-corrected chi connectivity index (χ0v) is 11.4. The Morgan fingerprint density at radius 1 is 1.06 bits per heavy atom. The molecular weight excluding hydrogens is 214 g/mol. The number of hydrogen-bond acceptors (Lipinski definition) is 3. The topological polar surface area (TPSA) is 81.1 Å². The second-order valence-electron chi connectivity index (χ2n) is 4.69. The minimum absolute atomic E-state index is 0.131. The third-order valence-corrected chi connectivity index (χ3v) is 3.51. The van der Waals surface area contributed by atoms with Gasteiger partial charge in [-0.05, 0) is 32.2 Å². The molecule has 0 atom stereocenters. The smallest absolute Gasteiger partial charge is 0.220 e. The number of hydrogen-bond donors (Lipinski definition) is 3. The summed E-state index contributed by atoms with van der Waals surface area (Å²) in [5.74, 6) is 0.131. The molecule has 0 radical (unpaired) electrons. The molecule has 1 amide bonds. The summed E-state index contributed by atoms with van der Waals surface area (Å²) < 4.78 is 0. The van der Waals surface area contributed by atoms with Crippen molar-refractivity contribution in [3.05, 3.63) is 0 Å². The molecule has 4 heteroatoms. The minimum Gasteiger partial charge on any atom is -0.349 e. The van der Waals surface area contributed by atoms with Crippen molar-refractivity contribution in [2.45, 2.75) is 64.3 Å². The molecule has 0 aliphatic carbocycles. The molecule has 0 spiro atoms. The maximum absolute atomic E-state index is 11.8. The molecule has 0 unspecified atom stereocenters. The Balaban J connectivity index is 3.83. The monoisotopic (exact) mass is 243 g/mol. The van der Waals surface area contributed by atoms with Crippen LogP contribution in [0.25, 0.3) is 0 Å². The normalized spacial score (nSPS) is 11.5. The molecule has 0 saturated carbocycles. The van der Waals surface area contributed by atoms with Crippen LogP contribution in [-0.4, -0.2) is 24.5 Å². The van der Waals surface area contributed by atoms with E-state index in [1.54, 1.807) is 0 Å². The van der Waals surface area contributed by atoms with Gasteiger partial charge in [0.15, 0.2) is 0 Å². The van der Waals surface area contributed by atoms with Crippen LogP contribution < -0.4 is 16.8 Å². The lowest BCUT2D eigenvalue weighted by Crippen LogP contribution is -2.52. The van der Waals surface area contributed by atoms with E-state index in [0.29, 0.717) is 13.0 Å². The predicted molar refractivity (Wildman–Crippen MR) is 72.6 cm³/mol. The zero-order valence-electron chi connectivity index (χ0n) is 11.4. The Hall–Kier alpha value is -0.610. The van der Waals surface area contributed by atoms with Crippen LogP contribution in [0.5, 0.6) is 0 Å². The van der Waals surface area contributed by atoms with Gasteiger partial charge in [-0.25, -0.2) is 0 Å². The van der Waals surface area contributed by atoms with Crippen molar-refractivity contribution in [1.29, 1.82) is 0 Å². The van der Waals surface area contributed by atoms with Gasteiger partial charge in [0.2, 0.25) is 5.91 Å². The quantitative estimate of drug-likeness (QED) is 0.509. The first-order chi connectivity index (χ1) is 8.14. The average molecular weight is 243 g/mol. The van der Waals surface area contributed by atoms with Gasteiger partial charge in [-0.1, -0.05) is 26.7 Å². The Morgan fingerprint density at radius 3 is 2.12 bits per heavy atom. The largest absolute Gasteiger partial charge is 0.349 e. The lowest BCUT2D eigenvalue weighted by atomic mass is 9.92. The maximum atomic E-state index is 11.8. The summed E-state index contributed by atoms with van der Waals surface area (Å²) in [5, 5.41) is 3.08. The van der Waals surface area contributed by atoms with Crippen LogP contribution in [-0.2, 0) is 4.79 Å². The summed E-state index contributed by atoms with van der Waals surface area (Å²) in [6.45, 7) is 5.39. The summed E-state index contributed by atoms with van der Waals surface area (Å²) in [5.41, 5.74) is 11.0. The van der Waals surface area contributed by atoms with Crippen LogP contribution in [0.1, 0.15) is 58.8 Å². The molecule has 0 aromatic carbocycles. The molecule has 0 aromatic rings. The third kappa shape index (κ3) is 6.64. The Kier molecular flexibility index (Phi) is 9.09. The summed E-state index contributed by atoms with van der Waals surface area (Å²) in [6.07, 6.45) is 6.58. The number of nitrogens with two attached hydrogens (primary N) is 2. The second-order valence-corrected chi connectivity index (χ2v) is 4.69. The number of nitrogens with one attached hydrogen (secondary N) is 1. The Morgan fingerprint density at radius 2 is 1.65 bits per heavy atom. The van der Waals surface area contributed by atoms with E-state index in [0.717, 1.165) is 45.1 Å². The van der Waals surface area contributed by atoms with Crippen molar-refractivity contribution in [1.82, 2.24) is 5.32 Å². The van der Waals surface area contributed by atoms with E-state index >= 15 is 0 Å². The number of carbonyl (C=O) groups is 1. The molecule has 0 fully saturated rings. The zero-order chi connectivity index (χ0) is 13.1. The van der Waals surface area contributed by atoms with E-state index in [4.69, 9.17) is 11.5 Å². The van der Waals surface area contributed by atoms with Gasteiger partial charge in [-0.3, -0.25) is 4.79 Å². The fraction of sp³-hybridized carbons (Fsp3) is 0.923. The van der Waals surface area contributed by atoms with E-state index in [1.807, 2.05) is 0 Å². The summed E-state index contributed by atoms with van der Waals surface area (Å²) in [4.78, 5) is 11.8. The Labute approximate surface area is 106 Å². The van der Waals surface area contributed by atoms with Gasteiger partial charge in [0, 0.05) is 13.0 Å². The summed E-state index contributed by atoms with van der Waals surface area (Å²) in [7, 11) is 0. The van der Waals surface area contributed by atoms with Crippen LogP contribution in [0.4, 0.5) is 0 Å². The van der Waals surface area contributed by atoms with Gasteiger partial charge in [0.05, 0.1) is 5.54 Å². The summed E-state index contributed by atoms with van der Waals surface area (Å²) >= 11 is 0. The molecule has 0 rings (SSSR count). The molecule has 0 aliphatic rings. The fourth-order valence-corrected chi connectivity index (χ4v) is 1.91. The second kappa shape index (κ2) is 9.42. The van der Waals surface area contributed by atoms with Gasteiger partial charge in [0.25, 0.3) is 0 Å². The van der Waals surface area contributed by atoms with Crippen molar-refractivity contribution >= 4 is 5.91 Å². The molecule has 0 heterocycles. The number of carbonyl (C=O) groups excluding carboxylic acids is 1. The van der Waals surface area contributed by atoms with Gasteiger partial charge < -0.3 is 16.8 Å². The fourth-order valence-electron chi connectivity index (χ4n) is 1.91. The molecule has 0 aromatic heterocycles. The van der Waals surface area contributed by atoms with E-state index in [9.17, 15) is 4.79 Å². The van der Waals surface area contributed by atoms with Crippen molar-refractivity contribution in [2.24, 2.45) is 11.5 Å². The molecule has 102 valence electrons. The highest BCUT2D eigenvalue weighted by molar-refractivity contribution is 5.76. The first-order valence-electron chi connectivity index (χ1n) is 6.85. The first-order valence-corrected chi connectivity index (χ1v) is 6.85. The average Bonchev–Trinajstić information content (AvgIpc) is 2.36. The van der Waals surface area contributed by atoms with E-state index in [1.165, 1.54) is 0 Å². The van der Waals surface area contributed by atoms with E-state index in [-0.39, 0.29) is 11.4 Å². The van der Waals surface area contributed by atoms with Gasteiger partial charge >= 0.3 is 0 Å². The van der Waals surface area contributed by atoms with Crippen molar-refractivity contribution in [3.8, 4) is 0 Å². The first kappa shape index (κ1) is 16.4. The standard InChI is InChI=1S/C13H29N3O/c1-3-13(4-2,11-15)16-12(17)9-7-5-6-8-10-14/h3-11,14-15H2,1-2H3,(H,16,17). The predicted octanol–water partition coefficient (Wildman–Crippen LogP) is 1.53. The highest BCUT2D eigenvalue weighted by atomic mass is 16.1. The van der Waals surface area contributed by atoms with Gasteiger partial charge in [-0.15, -0.1) is 0 Å². The SMILES string of the molecule is CCC(CC)(CN)NC(=O)CCCCCCN. The van der Waals surface area contributed by atoms with Crippen LogP contribution in [0, 0.1) is 0 Å². The lowest BCUT2D eigenvalue weighted by molar-refractivity contribution is -0.123. The number of amides is 1. The lowest BCUT2D eigenvalue weighted by Gasteiger charge is -2.31. The molecule has 5 N–H and O–H groups in total.